The number of benzene rings is 8. The van der Waals surface area contributed by atoms with Crippen LogP contribution in [0.15, 0.2) is 176 Å². The van der Waals surface area contributed by atoms with E-state index in [-0.39, 0.29) is 0 Å². The minimum atomic E-state index is 0.504. The Kier molecular flexibility index (Phi) is 9.93. The molecular formula is C54H46. The van der Waals surface area contributed by atoms with Crippen molar-refractivity contribution in [2.45, 2.75) is 34.1 Å². The van der Waals surface area contributed by atoms with Crippen LogP contribution in [0.5, 0.6) is 0 Å². The van der Waals surface area contributed by atoms with Gasteiger partial charge in [0.15, 0.2) is 0 Å². The molecule has 8 aromatic rings. The van der Waals surface area contributed by atoms with Crippen LogP contribution in [0.1, 0.15) is 30.0 Å². The van der Waals surface area contributed by atoms with E-state index in [1.54, 1.807) is 0 Å². The third-order valence-corrected chi connectivity index (χ3v) is 10.6. The second-order valence-corrected chi connectivity index (χ2v) is 14.7. The standard InChI is InChI=1S/C40H30.2C7H8/c1-25-11-9-16-29(23-25)30-21-22-34-38-31(30)17-10-18-33(38)39-37(28-14-7-4-8-15-28)35-24-26(2)19-20-32(35)36(40(34)39)27-12-5-3-6-13-27;2*1-7-5-3-2-4-6-7/h3-18,20-24,26H,19H2,1-2H3;2*2-6H,1H3. The molecule has 0 aliphatic heterocycles. The maximum atomic E-state index is 2.52. The normalized spacial score (nSPS) is 13.2. The van der Waals surface area contributed by atoms with Crippen molar-refractivity contribution in [1.82, 2.24) is 0 Å². The number of rotatable bonds is 3. The molecule has 262 valence electrons. The molecule has 0 fully saturated rings. The average molecular weight is 695 g/mol. The molecule has 0 radical (unpaired) electrons. The molecule has 0 nitrogen and oxygen atoms in total. The second-order valence-electron chi connectivity index (χ2n) is 14.7. The van der Waals surface area contributed by atoms with Crippen molar-refractivity contribution in [1.29, 1.82) is 0 Å². The van der Waals surface area contributed by atoms with E-state index in [1.165, 1.54) is 93.5 Å². The number of hydrogen-bond acceptors (Lipinski definition) is 0. The van der Waals surface area contributed by atoms with Crippen LogP contribution >= 0.6 is 0 Å². The molecule has 0 heteroatoms. The highest BCUT2D eigenvalue weighted by Crippen LogP contribution is 2.54. The molecule has 0 aromatic heterocycles. The lowest BCUT2D eigenvalue weighted by Gasteiger charge is -2.21. The quantitative estimate of drug-likeness (QED) is 0.173. The van der Waals surface area contributed by atoms with E-state index in [2.05, 4.69) is 179 Å². The van der Waals surface area contributed by atoms with E-state index in [4.69, 9.17) is 0 Å². The molecule has 0 saturated carbocycles. The van der Waals surface area contributed by atoms with Gasteiger partial charge in [-0.05, 0) is 110 Å². The van der Waals surface area contributed by atoms with Crippen LogP contribution in [0, 0.1) is 26.7 Å². The summed E-state index contributed by atoms with van der Waals surface area (Å²) in [5, 5.41) is 5.47. The zero-order valence-corrected chi connectivity index (χ0v) is 31.7. The summed E-state index contributed by atoms with van der Waals surface area (Å²) in [5.41, 5.74) is 17.3. The molecule has 10 rings (SSSR count). The van der Waals surface area contributed by atoms with Crippen LogP contribution in [0.4, 0.5) is 0 Å². The smallest absolute Gasteiger partial charge is 0.000753 e. The van der Waals surface area contributed by atoms with Crippen LogP contribution in [-0.2, 0) is 0 Å². The Morgan fingerprint density at radius 2 is 0.852 bits per heavy atom. The van der Waals surface area contributed by atoms with E-state index < -0.39 is 0 Å². The molecule has 1 atom stereocenters. The monoisotopic (exact) mass is 694 g/mol. The van der Waals surface area contributed by atoms with Gasteiger partial charge in [0.1, 0.15) is 0 Å². The van der Waals surface area contributed by atoms with Crippen LogP contribution in [0.3, 0.4) is 0 Å². The third kappa shape index (κ3) is 6.84. The first-order valence-corrected chi connectivity index (χ1v) is 19.2. The SMILES string of the molecule is Cc1cccc(-c2ccc3c4c(cccc24)-c2c-3c(-c3ccccc3)c3c(c2-c2ccccc2)=CC(C)CC=3)c1.Cc1ccccc1.Cc1ccccc1. The third-order valence-electron chi connectivity index (χ3n) is 10.6. The van der Waals surface area contributed by atoms with Crippen molar-refractivity contribution in [3.05, 3.63) is 203 Å². The van der Waals surface area contributed by atoms with Gasteiger partial charge in [0, 0.05) is 0 Å². The Balaban J connectivity index is 0.000000248. The van der Waals surface area contributed by atoms with Gasteiger partial charge in [-0.1, -0.05) is 212 Å². The molecule has 0 N–H and O–H groups in total. The van der Waals surface area contributed by atoms with Gasteiger partial charge < -0.3 is 0 Å². The van der Waals surface area contributed by atoms with Gasteiger partial charge in [0.2, 0.25) is 0 Å². The van der Waals surface area contributed by atoms with Gasteiger partial charge in [-0.25, -0.2) is 0 Å². The van der Waals surface area contributed by atoms with E-state index in [0.29, 0.717) is 5.92 Å². The van der Waals surface area contributed by atoms with Crippen molar-refractivity contribution in [3.63, 3.8) is 0 Å². The second kappa shape index (κ2) is 15.4. The van der Waals surface area contributed by atoms with Gasteiger partial charge in [-0.15, -0.1) is 0 Å². The zero-order valence-electron chi connectivity index (χ0n) is 31.7. The minimum absolute atomic E-state index is 0.504. The summed E-state index contributed by atoms with van der Waals surface area (Å²) >= 11 is 0. The van der Waals surface area contributed by atoms with Gasteiger partial charge in [-0.2, -0.15) is 0 Å². The fourth-order valence-corrected chi connectivity index (χ4v) is 8.13. The van der Waals surface area contributed by atoms with E-state index in [0.717, 1.165) is 6.42 Å². The Hall–Kier alpha value is -6.24. The molecule has 2 aliphatic rings. The Morgan fingerprint density at radius 3 is 1.39 bits per heavy atom. The molecular weight excluding hydrogens is 649 g/mol. The summed E-state index contributed by atoms with van der Waals surface area (Å²) < 4.78 is 0. The maximum absolute atomic E-state index is 2.52. The number of fused-ring (bicyclic) bond motifs is 4. The van der Waals surface area contributed by atoms with Crippen molar-refractivity contribution in [2.75, 3.05) is 0 Å². The summed E-state index contributed by atoms with van der Waals surface area (Å²) in [6.07, 6.45) is 6.08. The first-order valence-electron chi connectivity index (χ1n) is 19.2. The van der Waals surface area contributed by atoms with Gasteiger partial charge >= 0.3 is 0 Å². The zero-order chi connectivity index (χ0) is 37.0. The van der Waals surface area contributed by atoms with E-state index in [9.17, 15) is 0 Å². The largest absolute Gasteiger partial charge is 0.0754 e. The Bertz CT molecular complexity index is 2650. The van der Waals surface area contributed by atoms with Crippen LogP contribution < -0.4 is 10.4 Å². The molecule has 0 amide bonds. The minimum Gasteiger partial charge on any atom is -0.0754 e. The lowest BCUT2D eigenvalue weighted by molar-refractivity contribution is 0.801. The Morgan fingerprint density at radius 1 is 0.389 bits per heavy atom. The van der Waals surface area contributed by atoms with Crippen LogP contribution in [0.2, 0.25) is 0 Å². The number of hydrogen-bond donors (Lipinski definition) is 0. The summed E-state index contributed by atoms with van der Waals surface area (Å²) in [6.45, 7) is 8.68. The van der Waals surface area contributed by atoms with Crippen molar-refractivity contribution in [3.8, 4) is 55.6 Å². The predicted octanol–water partition coefficient (Wildman–Crippen LogP) is 13.4. The maximum Gasteiger partial charge on any atom is -0.000753 e. The summed E-state index contributed by atoms with van der Waals surface area (Å²) in [7, 11) is 0. The summed E-state index contributed by atoms with van der Waals surface area (Å²) in [6, 6.07) is 63.1. The Labute approximate surface area is 320 Å². The topological polar surface area (TPSA) is 0 Å². The molecule has 8 aromatic carbocycles. The first kappa shape index (κ1) is 34.8. The highest BCUT2D eigenvalue weighted by molar-refractivity contribution is 6.23. The fraction of sp³-hybridized carbons (Fsp3) is 0.111. The molecule has 0 saturated heterocycles. The van der Waals surface area contributed by atoms with Gasteiger partial charge in [-0.3, -0.25) is 0 Å². The molecule has 54 heavy (non-hydrogen) atoms. The molecule has 0 spiro atoms. The first-order chi connectivity index (χ1) is 26.5. The molecule has 0 heterocycles. The van der Waals surface area contributed by atoms with Crippen LogP contribution in [-0.4, -0.2) is 0 Å². The summed E-state index contributed by atoms with van der Waals surface area (Å²) in [5.74, 6) is 0.504. The van der Waals surface area contributed by atoms with E-state index in [1.807, 2.05) is 36.4 Å². The van der Waals surface area contributed by atoms with Gasteiger partial charge in [0.05, 0.1) is 0 Å². The predicted molar refractivity (Wildman–Crippen MR) is 234 cm³/mol. The highest BCUT2D eigenvalue weighted by Gasteiger charge is 2.31. The summed E-state index contributed by atoms with van der Waals surface area (Å²) in [4.78, 5) is 0. The van der Waals surface area contributed by atoms with Crippen LogP contribution in [0.25, 0.3) is 78.6 Å². The van der Waals surface area contributed by atoms with Crippen molar-refractivity contribution < 1.29 is 0 Å². The van der Waals surface area contributed by atoms with E-state index >= 15 is 0 Å². The molecule has 2 aliphatic carbocycles. The highest BCUT2D eigenvalue weighted by atomic mass is 14.3. The fourth-order valence-electron chi connectivity index (χ4n) is 8.13. The lowest BCUT2D eigenvalue weighted by atomic mass is 9.82. The van der Waals surface area contributed by atoms with Crippen molar-refractivity contribution >= 4 is 22.9 Å². The lowest BCUT2D eigenvalue weighted by Crippen LogP contribution is -2.33. The number of aryl methyl sites for hydroxylation is 3. The van der Waals surface area contributed by atoms with Gasteiger partial charge in [0.25, 0.3) is 0 Å². The average Bonchev–Trinajstić information content (AvgIpc) is 3.53. The molecule has 0 bridgehead atoms. The van der Waals surface area contributed by atoms with Crippen molar-refractivity contribution in [2.24, 2.45) is 5.92 Å². The molecule has 1 unspecified atom stereocenters.